The molecule has 0 bridgehead atoms. The van der Waals surface area contributed by atoms with Crippen molar-refractivity contribution in [3.63, 3.8) is 0 Å². The molecule has 5 heteroatoms. The molecule has 106 valence electrons. The number of aromatic nitrogens is 1. The van der Waals surface area contributed by atoms with Gasteiger partial charge < -0.3 is 10.1 Å². The van der Waals surface area contributed by atoms with E-state index < -0.39 is 0 Å². The van der Waals surface area contributed by atoms with Gasteiger partial charge in [-0.1, -0.05) is 22.0 Å². The number of pyridine rings is 1. The Labute approximate surface area is 136 Å². The molecule has 0 unspecified atom stereocenters. The van der Waals surface area contributed by atoms with Gasteiger partial charge in [0.1, 0.15) is 5.75 Å². The van der Waals surface area contributed by atoms with E-state index in [1.54, 1.807) is 7.11 Å². The zero-order valence-corrected chi connectivity index (χ0v) is 14.5. The van der Waals surface area contributed by atoms with E-state index in [0.717, 1.165) is 26.0 Å². The molecule has 1 N–H and O–H groups in total. The zero-order chi connectivity index (χ0) is 14.5. The van der Waals surface area contributed by atoms with Gasteiger partial charge in [-0.2, -0.15) is 0 Å². The lowest BCUT2D eigenvalue weighted by atomic mass is 10.1. The van der Waals surface area contributed by atoms with Crippen molar-refractivity contribution in [2.45, 2.75) is 19.5 Å². The highest BCUT2D eigenvalue weighted by Crippen LogP contribution is 2.32. The maximum atomic E-state index is 5.45. The van der Waals surface area contributed by atoms with E-state index in [1.165, 1.54) is 0 Å². The molecular formula is C15H16Br2N2O. The van der Waals surface area contributed by atoms with Crippen molar-refractivity contribution in [1.29, 1.82) is 0 Å². The molecule has 3 nitrogen and oxygen atoms in total. The molecule has 1 atom stereocenters. The summed E-state index contributed by atoms with van der Waals surface area (Å²) in [7, 11) is 1.68. The van der Waals surface area contributed by atoms with Gasteiger partial charge in [0.25, 0.3) is 0 Å². The predicted octanol–water partition coefficient (Wildman–Crippen LogP) is 4.47. The second-order valence-electron chi connectivity index (χ2n) is 4.44. The van der Waals surface area contributed by atoms with Crippen molar-refractivity contribution in [2.24, 2.45) is 0 Å². The third kappa shape index (κ3) is 3.81. The molecular weight excluding hydrogens is 384 g/mol. The quantitative estimate of drug-likeness (QED) is 0.805. The highest BCUT2D eigenvalue weighted by atomic mass is 79.9. The topological polar surface area (TPSA) is 34.1 Å². The highest BCUT2D eigenvalue weighted by molar-refractivity contribution is 9.11. The zero-order valence-electron chi connectivity index (χ0n) is 11.4. The van der Waals surface area contributed by atoms with Gasteiger partial charge in [0, 0.05) is 28.8 Å². The first-order chi connectivity index (χ1) is 9.61. The summed E-state index contributed by atoms with van der Waals surface area (Å²) in [6.45, 7) is 2.81. The van der Waals surface area contributed by atoms with Gasteiger partial charge in [-0.05, 0) is 47.1 Å². The molecule has 0 fully saturated rings. The van der Waals surface area contributed by atoms with Crippen LogP contribution in [0.15, 0.2) is 45.5 Å². The summed E-state index contributed by atoms with van der Waals surface area (Å²) >= 11 is 7.02. The Hall–Kier alpha value is -0.910. The molecule has 0 saturated carbocycles. The largest absolute Gasteiger partial charge is 0.495 e. The first-order valence-electron chi connectivity index (χ1n) is 6.28. The Morgan fingerprint density at radius 1 is 1.30 bits per heavy atom. The van der Waals surface area contributed by atoms with Gasteiger partial charge in [0.05, 0.1) is 17.3 Å². The summed E-state index contributed by atoms with van der Waals surface area (Å²) in [6.07, 6.45) is 1.81. The van der Waals surface area contributed by atoms with E-state index >= 15 is 0 Å². The van der Waals surface area contributed by atoms with Crippen LogP contribution in [0.2, 0.25) is 0 Å². The lowest BCUT2D eigenvalue weighted by Crippen LogP contribution is -2.19. The molecule has 20 heavy (non-hydrogen) atoms. The normalized spacial score (nSPS) is 12.2. The van der Waals surface area contributed by atoms with Crippen LogP contribution in [-0.4, -0.2) is 12.1 Å². The summed E-state index contributed by atoms with van der Waals surface area (Å²) in [5.41, 5.74) is 2.12. The number of rotatable bonds is 5. The molecule has 0 spiro atoms. The van der Waals surface area contributed by atoms with Gasteiger partial charge in [-0.3, -0.25) is 4.98 Å². The molecule has 0 amide bonds. The van der Waals surface area contributed by atoms with Crippen LogP contribution in [0.5, 0.6) is 5.75 Å². The number of nitrogens with one attached hydrogen (secondary N) is 1. The van der Waals surface area contributed by atoms with E-state index in [4.69, 9.17) is 4.74 Å². The maximum absolute atomic E-state index is 5.45. The Bertz CT molecular complexity index is 576. The van der Waals surface area contributed by atoms with Gasteiger partial charge in [0.15, 0.2) is 0 Å². The van der Waals surface area contributed by atoms with Crippen LogP contribution in [0.4, 0.5) is 0 Å². The van der Waals surface area contributed by atoms with Crippen molar-refractivity contribution < 1.29 is 4.74 Å². The summed E-state index contributed by atoms with van der Waals surface area (Å²) in [5, 5.41) is 3.46. The number of benzene rings is 1. The molecule has 2 rings (SSSR count). The number of nitrogens with zero attached hydrogens (tertiary/aromatic N) is 1. The molecule has 0 aliphatic rings. The fourth-order valence-electron chi connectivity index (χ4n) is 1.97. The van der Waals surface area contributed by atoms with Gasteiger partial charge in [0.2, 0.25) is 0 Å². The minimum atomic E-state index is 0.179. The molecule has 1 aromatic carbocycles. The number of ether oxygens (including phenoxy) is 1. The second kappa shape index (κ2) is 7.20. The summed E-state index contributed by atoms with van der Waals surface area (Å²) in [5.74, 6) is 0.855. The SMILES string of the molecule is COc1c(Br)cc(Br)cc1CN[C@H](C)c1ccccn1. The van der Waals surface area contributed by atoms with Crippen LogP contribution in [0.25, 0.3) is 0 Å². The third-order valence-electron chi connectivity index (χ3n) is 3.02. The second-order valence-corrected chi connectivity index (χ2v) is 6.21. The molecule has 0 aliphatic carbocycles. The maximum Gasteiger partial charge on any atom is 0.137 e. The molecule has 2 aromatic rings. The third-order valence-corrected chi connectivity index (χ3v) is 4.07. The van der Waals surface area contributed by atoms with Gasteiger partial charge >= 0.3 is 0 Å². The van der Waals surface area contributed by atoms with E-state index in [1.807, 2.05) is 30.5 Å². The first kappa shape index (κ1) is 15.5. The minimum absolute atomic E-state index is 0.179. The van der Waals surface area contributed by atoms with Gasteiger partial charge in [-0.15, -0.1) is 0 Å². The van der Waals surface area contributed by atoms with Crippen LogP contribution in [0.3, 0.4) is 0 Å². The van der Waals surface area contributed by atoms with Crippen LogP contribution < -0.4 is 10.1 Å². The number of hydrogen-bond donors (Lipinski definition) is 1. The summed E-state index contributed by atoms with van der Waals surface area (Å²) in [6, 6.07) is 10.2. The Kier molecular flexibility index (Phi) is 5.57. The Morgan fingerprint density at radius 2 is 2.10 bits per heavy atom. The van der Waals surface area contributed by atoms with Crippen molar-refractivity contribution in [3.05, 3.63) is 56.7 Å². The molecule has 1 aromatic heterocycles. The van der Waals surface area contributed by atoms with Crippen molar-refractivity contribution >= 4 is 31.9 Å². The average Bonchev–Trinajstić information content (AvgIpc) is 2.45. The van der Waals surface area contributed by atoms with E-state index in [9.17, 15) is 0 Å². The van der Waals surface area contributed by atoms with Crippen molar-refractivity contribution in [2.75, 3.05) is 7.11 Å². The lowest BCUT2D eigenvalue weighted by molar-refractivity contribution is 0.403. The summed E-state index contributed by atoms with van der Waals surface area (Å²) < 4.78 is 7.41. The number of methoxy groups -OCH3 is 1. The predicted molar refractivity (Wildman–Crippen MR) is 87.9 cm³/mol. The number of hydrogen-bond acceptors (Lipinski definition) is 3. The van der Waals surface area contributed by atoms with Crippen molar-refractivity contribution in [1.82, 2.24) is 10.3 Å². The Morgan fingerprint density at radius 3 is 2.75 bits per heavy atom. The molecule has 0 aliphatic heterocycles. The molecule has 0 saturated heterocycles. The van der Waals surface area contributed by atoms with Crippen LogP contribution in [0, 0.1) is 0 Å². The van der Waals surface area contributed by atoms with Crippen molar-refractivity contribution in [3.8, 4) is 5.75 Å². The lowest BCUT2D eigenvalue weighted by Gasteiger charge is -2.16. The Balaban J connectivity index is 2.11. The monoisotopic (exact) mass is 398 g/mol. The number of halogens is 2. The first-order valence-corrected chi connectivity index (χ1v) is 7.86. The minimum Gasteiger partial charge on any atom is -0.495 e. The molecule has 1 heterocycles. The average molecular weight is 400 g/mol. The fraction of sp³-hybridized carbons (Fsp3) is 0.267. The fourth-order valence-corrected chi connectivity index (χ4v) is 3.45. The van der Waals surface area contributed by atoms with E-state index in [-0.39, 0.29) is 6.04 Å². The van der Waals surface area contributed by atoms with Crippen LogP contribution in [-0.2, 0) is 6.54 Å². The van der Waals surface area contributed by atoms with E-state index in [2.05, 4.69) is 55.2 Å². The molecule has 0 radical (unpaired) electrons. The smallest absolute Gasteiger partial charge is 0.137 e. The van der Waals surface area contributed by atoms with E-state index in [0.29, 0.717) is 6.54 Å². The van der Waals surface area contributed by atoms with Crippen LogP contribution >= 0.6 is 31.9 Å². The standard InChI is InChI=1S/C15H16Br2N2O/c1-10(14-5-3-4-6-18-14)19-9-11-7-12(16)8-13(17)15(11)20-2/h3-8,10,19H,9H2,1-2H3/t10-/m1/s1. The van der Waals surface area contributed by atoms with Crippen LogP contribution in [0.1, 0.15) is 24.2 Å². The highest BCUT2D eigenvalue weighted by Gasteiger charge is 2.11. The van der Waals surface area contributed by atoms with Gasteiger partial charge in [-0.25, -0.2) is 0 Å². The summed E-state index contributed by atoms with van der Waals surface area (Å²) in [4.78, 5) is 4.36.